The predicted octanol–water partition coefficient (Wildman–Crippen LogP) is 2.57. The summed E-state index contributed by atoms with van der Waals surface area (Å²) >= 11 is 3.23. The number of amides is 2. The van der Waals surface area contributed by atoms with Crippen LogP contribution in [0, 0.1) is 0 Å². The molecule has 24 heavy (non-hydrogen) atoms. The lowest BCUT2D eigenvalue weighted by atomic mass is 10.2. The first kappa shape index (κ1) is 17.7. The Morgan fingerprint density at radius 2 is 1.79 bits per heavy atom. The Bertz CT molecular complexity index is 761. The first-order valence-electron chi connectivity index (χ1n) is 6.91. The molecule has 0 fully saturated rings. The van der Waals surface area contributed by atoms with Crippen LogP contribution in [0.1, 0.15) is 20.7 Å². The van der Waals surface area contributed by atoms with Crippen LogP contribution in [0.5, 0.6) is 5.75 Å². The van der Waals surface area contributed by atoms with Crippen molar-refractivity contribution in [2.45, 2.75) is 0 Å². The SMILES string of the molecule is COc1ccc(Br)c(C(=O)OCC(=O)NC(=O)c2ccccc2)c1. The monoisotopic (exact) mass is 391 g/mol. The molecule has 7 heteroatoms. The molecule has 1 N–H and O–H groups in total. The number of hydrogen-bond acceptors (Lipinski definition) is 5. The second kappa shape index (κ2) is 8.26. The molecule has 0 spiro atoms. The number of nitrogens with one attached hydrogen (secondary N) is 1. The molecule has 0 aliphatic carbocycles. The number of halogens is 1. The van der Waals surface area contributed by atoms with Crippen molar-refractivity contribution in [1.29, 1.82) is 0 Å². The van der Waals surface area contributed by atoms with E-state index in [1.807, 2.05) is 0 Å². The lowest BCUT2D eigenvalue weighted by Crippen LogP contribution is -2.34. The van der Waals surface area contributed by atoms with Crippen molar-refractivity contribution < 1.29 is 23.9 Å². The predicted molar refractivity (Wildman–Crippen MR) is 89.9 cm³/mol. The van der Waals surface area contributed by atoms with Crippen LogP contribution < -0.4 is 10.1 Å². The number of imide groups is 1. The highest BCUT2D eigenvalue weighted by atomic mass is 79.9. The number of rotatable bonds is 5. The van der Waals surface area contributed by atoms with Crippen LogP contribution in [-0.2, 0) is 9.53 Å². The minimum absolute atomic E-state index is 0.219. The van der Waals surface area contributed by atoms with Gasteiger partial charge in [0.15, 0.2) is 6.61 Å². The summed E-state index contributed by atoms with van der Waals surface area (Å²) in [5, 5.41) is 2.15. The summed E-state index contributed by atoms with van der Waals surface area (Å²) in [7, 11) is 1.47. The lowest BCUT2D eigenvalue weighted by molar-refractivity contribution is -0.123. The Morgan fingerprint density at radius 3 is 2.46 bits per heavy atom. The number of methoxy groups -OCH3 is 1. The Morgan fingerprint density at radius 1 is 1.08 bits per heavy atom. The average molecular weight is 392 g/mol. The van der Waals surface area contributed by atoms with Gasteiger partial charge >= 0.3 is 5.97 Å². The van der Waals surface area contributed by atoms with E-state index >= 15 is 0 Å². The third-order valence-electron chi connectivity index (χ3n) is 3.02. The molecule has 0 unspecified atom stereocenters. The smallest absolute Gasteiger partial charge is 0.339 e. The lowest BCUT2D eigenvalue weighted by Gasteiger charge is -2.08. The quantitative estimate of drug-likeness (QED) is 0.792. The van der Waals surface area contributed by atoms with Crippen molar-refractivity contribution in [3.05, 3.63) is 64.1 Å². The van der Waals surface area contributed by atoms with Crippen LogP contribution in [0.2, 0.25) is 0 Å². The highest BCUT2D eigenvalue weighted by molar-refractivity contribution is 9.10. The highest BCUT2D eigenvalue weighted by Gasteiger charge is 2.16. The summed E-state index contributed by atoms with van der Waals surface area (Å²) in [5.74, 6) is -1.49. The minimum Gasteiger partial charge on any atom is -0.497 e. The Balaban J connectivity index is 1.92. The Kier molecular flexibility index (Phi) is 6.08. The zero-order chi connectivity index (χ0) is 17.5. The van der Waals surface area contributed by atoms with Gasteiger partial charge in [0.05, 0.1) is 12.7 Å². The fourth-order valence-corrected chi connectivity index (χ4v) is 2.23. The Hall–Kier alpha value is -2.67. The molecule has 0 saturated heterocycles. The molecule has 0 radical (unpaired) electrons. The van der Waals surface area contributed by atoms with Crippen LogP contribution in [-0.4, -0.2) is 31.5 Å². The minimum atomic E-state index is -0.712. The molecule has 2 aromatic carbocycles. The number of esters is 1. The molecule has 2 amide bonds. The topological polar surface area (TPSA) is 81.7 Å². The molecule has 124 valence electrons. The number of carbonyl (C=O) groups is 3. The van der Waals surface area contributed by atoms with Gasteiger partial charge in [0.25, 0.3) is 11.8 Å². The summed E-state index contributed by atoms with van der Waals surface area (Å²) in [6.07, 6.45) is 0. The summed E-state index contributed by atoms with van der Waals surface area (Å²) in [6, 6.07) is 13.1. The van der Waals surface area contributed by atoms with E-state index in [-0.39, 0.29) is 5.56 Å². The van der Waals surface area contributed by atoms with Gasteiger partial charge in [0, 0.05) is 10.0 Å². The maximum absolute atomic E-state index is 12.0. The zero-order valence-corrected chi connectivity index (χ0v) is 14.3. The van der Waals surface area contributed by atoms with E-state index in [2.05, 4.69) is 21.2 Å². The van der Waals surface area contributed by atoms with Crippen LogP contribution in [0.15, 0.2) is 53.0 Å². The van der Waals surface area contributed by atoms with Crippen LogP contribution in [0.4, 0.5) is 0 Å². The third-order valence-corrected chi connectivity index (χ3v) is 3.71. The van der Waals surface area contributed by atoms with E-state index < -0.39 is 24.4 Å². The summed E-state index contributed by atoms with van der Waals surface area (Å²) in [5.41, 5.74) is 0.559. The van der Waals surface area contributed by atoms with Crippen molar-refractivity contribution in [2.24, 2.45) is 0 Å². The summed E-state index contributed by atoms with van der Waals surface area (Å²) in [6.45, 7) is -0.568. The molecular formula is C17H14BrNO5. The van der Waals surface area contributed by atoms with E-state index in [0.717, 1.165) is 0 Å². The van der Waals surface area contributed by atoms with Gasteiger partial charge in [-0.3, -0.25) is 14.9 Å². The maximum Gasteiger partial charge on any atom is 0.339 e. The van der Waals surface area contributed by atoms with Gasteiger partial charge in [0.2, 0.25) is 0 Å². The first-order chi connectivity index (χ1) is 11.5. The van der Waals surface area contributed by atoms with Crippen LogP contribution in [0.3, 0.4) is 0 Å². The normalized spacial score (nSPS) is 9.92. The van der Waals surface area contributed by atoms with Gasteiger partial charge in [-0.05, 0) is 46.3 Å². The van der Waals surface area contributed by atoms with Crippen LogP contribution in [0.25, 0.3) is 0 Å². The van der Waals surface area contributed by atoms with E-state index in [1.54, 1.807) is 42.5 Å². The molecule has 2 aromatic rings. The third kappa shape index (κ3) is 4.66. The second-order valence-corrected chi connectivity index (χ2v) is 5.52. The highest BCUT2D eigenvalue weighted by Crippen LogP contribution is 2.23. The van der Waals surface area contributed by atoms with Gasteiger partial charge in [-0.25, -0.2) is 4.79 Å². The van der Waals surface area contributed by atoms with Gasteiger partial charge in [-0.15, -0.1) is 0 Å². The molecule has 0 heterocycles. The zero-order valence-electron chi connectivity index (χ0n) is 12.7. The van der Waals surface area contributed by atoms with Crippen molar-refractivity contribution in [3.63, 3.8) is 0 Å². The maximum atomic E-state index is 12.0. The molecule has 0 atom stereocenters. The molecular weight excluding hydrogens is 378 g/mol. The Labute approximate surface area is 146 Å². The van der Waals surface area contributed by atoms with Gasteiger partial charge < -0.3 is 9.47 Å². The molecule has 0 bridgehead atoms. The number of ether oxygens (including phenoxy) is 2. The van der Waals surface area contributed by atoms with Crippen molar-refractivity contribution >= 4 is 33.7 Å². The largest absolute Gasteiger partial charge is 0.497 e. The van der Waals surface area contributed by atoms with Gasteiger partial charge in [0.1, 0.15) is 5.75 Å². The molecule has 6 nitrogen and oxygen atoms in total. The summed E-state index contributed by atoms with van der Waals surface area (Å²) in [4.78, 5) is 35.6. The second-order valence-electron chi connectivity index (χ2n) is 4.67. The number of hydrogen-bond donors (Lipinski definition) is 1. The van der Waals surface area contributed by atoms with Crippen molar-refractivity contribution in [2.75, 3.05) is 13.7 Å². The standard InChI is InChI=1S/C17H14BrNO5/c1-23-12-7-8-14(18)13(9-12)17(22)24-10-15(20)19-16(21)11-5-3-2-4-6-11/h2-9H,10H2,1H3,(H,19,20,21). The molecule has 0 aliphatic heterocycles. The number of benzene rings is 2. The first-order valence-corrected chi connectivity index (χ1v) is 7.70. The average Bonchev–Trinajstić information content (AvgIpc) is 2.60. The molecule has 0 aromatic heterocycles. The van der Waals surface area contributed by atoms with E-state index in [1.165, 1.54) is 13.2 Å². The molecule has 0 saturated carbocycles. The van der Waals surface area contributed by atoms with E-state index in [0.29, 0.717) is 15.8 Å². The van der Waals surface area contributed by atoms with Crippen molar-refractivity contribution in [1.82, 2.24) is 5.32 Å². The van der Waals surface area contributed by atoms with Gasteiger partial charge in [-0.1, -0.05) is 18.2 Å². The van der Waals surface area contributed by atoms with Gasteiger partial charge in [-0.2, -0.15) is 0 Å². The molecule has 0 aliphatic rings. The number of carbonyl (C=O) groups excluding carboxylic acids is 3. The van der Waals surface area contributed by atoms with E-state index in [9.17, 15) is 14.4 Å². The van der Waals surface area contributed by atoms with Crippen molar-refractivity contribution in [3.8, 4) is 5.75 Å². The molecule has 2 rings (SSSR count). The van der Waals surface area contributed by atoms with E-state index in [4.69, 9.17) is 9.47 Å². The summed E-state index contributed by atoms with van der Waals surface area (Å²) < 4.78 is 10.5. The fourth-order valence-electron chi connectivity index (χ4n) is 1.82. The fraction of sp³-hybridized carbons (Fsp3) is 0.118. The van der Waals surface area contributed by atoms with Crippen LogP contribution >= 0.6 is 15.9 Å².